The highest BCUT2D eigenvalue weighted by molar-refractivity contribution is 7.88. The number of rotatable bonds is 15. The number of hydrogen-bond acceptors (Lipinski definition) is 9. The van der Waals surface area contributed by atoms with Crippen LogP contribution in [0.3, 0.4) is 0 Å². The van der Waals surface area contributed by atoms with Gasteiger partial charge in [0.2, 0.25) is 15.9 Å². The molecular weight excluding hydrogens is 565 g/mol. The summed E-state index contributed by atoms with van der Waals surface area (Å²) in [4.78, 5) is 33.6. The van der Waals surface area contributed by atoms with Crippen LogP contribution in [0, 0.1) is 0 Å². The van der Waals surface area contributed by atoms with Gasteiger partial charge in [0.05, 0.1) is 20.0 Å². The first kappa shape index (κ1) is 32.0. The van der Waals surface area contributed by atoms with Crippen LogP contribution in [0.15, 0.2) is 42.5 Å². The third-order valence-electron chi connectivity index (χ3n) is 5.04. The number of ether oxygens (including phenoxy) is 2. The number of methoxy groups -OCH3 is 1. The van der Waals surface area contributed by atoms with Gasteiger partial charge in [0.25, 0.3) is 0 Å². The fourth-order valence-electron chi connectivity index (χ4n) is 3.25. The SMILES string of the molecule is COC(=O)c1c(O)cccc1OCCCCNC(=O)[C@H](Cc1ccc(OP(=O)(O)C(F)F)cc1)NS(C)(=O)=O. The van der Waals surface area contributed by atoms with Crippen molar-refractivity contribution in [2.45, 2.75) is 31.5 Å². The van der Waals surface area contributed by atoms with Gasteiger partial charge in [0.1, 0.15) is 28.9 Å². The number of sulfonamides is 1. The van der Waals surface area contributed by atoms with Crippen LogP contribution in [0.1, 0.15) is 28.8 Å². The molecule has 0 bridgehead atoms. The lowest BCUT2D eigenvalue weighted by molar-refractivity contribution is -0.122. The first-order valence-corrected chi connectivity index (χ1v) is 14.9. The lowest BCUT2D eigenvalue weighted by atomic mass is 10.1. The molecule has 2 rings (SSSR count). The number of phenolic OH excluding ortho intramolecular Hbond substituents is 1. The molecule has 16 heteroatoms. The minimum Gasteiger partial charge on any atom is -0.507 e. The number of alkyl halides is 2. The quantitative estimate of drug-likeness (QED) is 0.136. The van der Waals surface area contributed by atoms with E-state index in [0.29, 0.717) is 18.4 Å². The zero-order chi connectivity index (χ0) is 29.2. The highest BCUT2D eigenvalue weighted by atomic mass is 32.2. The van der Waals surface area contributed by atoms with E-state index in [9.17, 15) is 36.5 Å². The Morgan fingerprint density at radius 1 is 1.10 bits per heavy atom. The lowest BCUT2D eigenvalue weighted by Crippen LogP contribution is -2.47. The summed E-state index contributed by atoms with van der Waals surface area (Å²) in [5.41, 5.74) is 0.311. The van der Waals surface area contributed by atoms with E-state index in [2.05, 4.69) is 19.3 Å². The van der Waals surface area contributed by atoms with E-state index in [0.717, 1.165) is 18.4 Å². The molecule has 12 nitrogen and oxygen atoms in total. The average Bonchev–Trinajstić information content (AvgIpc) is 2.85. The molecule has 0 heterocycles. The summed E-state index contributed by atoms with van der Waals surface area (Å²) >= 11 is 0. The van der Waals surface area contributed by atoms with E-state index in [-0.39, 0.29) is 42.4 Å². The highest BCUT2D eigenvalue weighted by Gasteiger charge is 2.34. The number of halogens is 2. The van der Waals surface area contributed by atoms with E-state index >= 15 is 0 Å². The van der Waals surface area contributed by atoms with Crippen LogP contribution in [0.4, 0.5) is 8.78 Å². The van der Waals surface area contributed by atoms with Crippen LogP contribution in [-0.2, 0) is 30.5 Å². The van der Waals surface area contributed by atoms with Crippen LogP contribution in [0.5, 0.6) is 17.2 Å². The van der Waals surface area contributed by atoms with Gasteiger partial charge >= 0.3 is 19.7 Å². The molecule has 1 amide bonds. The number of benzene rings is 2. The monoisotopic (exact) mass is 594 g/mol. The van der Waals surface area contributed by atoms with Crippen molar-refractivity contribution >= 4 is 29.5 Å². The number of nitrogens with one attached hydrogen (secondary N) is 2. The number of unbranched alkanes of at least 4 members (excludes halogenated alkanes) is 1. The van der Waals surface area contributed by atoms with Gasteiger partial charge in [-0.1, -0.05) is 18.2 Å². The maximum Gasteiger partial charge on any atom is 0.442 e. The molecule has 2 aromatic rings. The van der Waals surface area contributed by atoms with E-state index in [1.165, 1.54) is 37.4 Å². The van der Waals surface area contributed by atoms with Crippen molar-refractivity contribution in [2.75, 3.05) is 26.5 Å². The number of carbonyl (C=O) groups excluding carboxylic acids is 2. The maximum absolute atomic E-state index is 12.7. The van der Waals surface area contributed by atoms with Crippen molar-refractivity contribution in [2.24, 2.45) is 0 Å². The summed E-state index contributed by atoms with van der Waals surface area (Å²) in [7, 11) is -7.77. The van der Waals surface area contributed by atoms with E-state index in [1.54, 1.807) is 0 Å². The Morgan fingerprint density at radius 3 is 2.36 bits per heavy atom. The van der Waals surface area contributed by atoms with Gasteiger partial charge in [-0.3, -0.25) is 4.79 Å². The second kappa shape index (κ2) is 14.2. The molecule has 0 saturated heterocycles. The summed E-state index contributed by atoms with van der Waals surface area (Å²) in [5.74, 6) is -1.84. The van der Waals surface area contributed by atoms with Gasteiger partial charge in [0, 0.05) is 6.54 Å². The third-order valence-corrected chi connectivity index (χ3v) is 6.72. The first-order valence-electron chi connectivity index (χ1n) is 11.4. The summed E-state index contributed by atoms with van der Waals surface area (Å²) in [6.07, 6.45) is -1.94. The van der Waals surface area contributed by atoms with Crippen molar-refractivity contribution in [1.29, 1.82) is 0 Å². The lowest BCUT2D eigenvalue weighted by Gasteiger charge is -2.18. The second-order valence-electron chi connectivity index (χ2n) is 8.21. The molecule has 4 N–H and O–H groups in total. The van der Waals surface area contributed by atoms with E-state index in [4.69, 9.17) is 9.63 Å². The Labute approximate surface area is 223 Å². The Morgan fingerprint density at radius 2 is 1.77 bits per heavy atom. The standard InChI is InChI=1S/C23H29F2N2O10PS/c1-35-22(30)20-18(28)6-5-7-19(20)36-13-4-3-12-26-21(29)17(27-39(2,33)34)14-15-8-10-16(11-9-15)37-38(31,32)23(24)25/h5-11,17,23,27-28H,3-4,12-14H2,1-2H3,(H,26,29)(H,31,32)/t17-/m0/s1. The number of carbonyl (C=O) groups is 2. The molecule has 0 aromatic heterocycles. The molecule has 0 aliphatic carbocycles. The minimum atomic E-state index is -5.15. The summed E-state index contributed by atoms with van der Waals surface area (Å²) in [6, 6.07) is 8.08. The summed E-state index contributed by atoms with van der Waals surface area (Å²) in [5, 5.41) is 12.5. The van der Waals surface area contributed by atoms with Crippen molar-refractivity contribution in [3.8, 4) is 17.2 Å². The zero-order valence-corrected chi connectivity index (χ0v) is 22.7. The zero-order valence-electron chi connectivity index (χ0n) is 21.0. The minimum absolute atomic E-state index is 0.109. The first-order chi connectivity index (χ1) is 18.2. The molecule has 1 unspecified atom stereocenters. The Kier molecular flexibility index (Phi) is 11.6. The molecule has 0 saturated carbocycles. The molecule has 0 fully saturated rings. The van der Waals surface area contributed by atoms with Crippen molar-refractivity contribution in [3.63, 3.8) is 0 Å². The number of esters is 1. The van der Waals surface area contributed by atoms with Gasteiger partial charge in [0.15, 0.2) is 0 Å². The smallest absolute Gasteiger partial charge is 0.442 e. The highest BCUT2D eigenvalue weighted by Crippen LogP contribution is 2.48. The van der Waals surface area contributed by atoms with Crippen LogP contribution in [0.2, 0.25) is 0 Å². The molecule has 216 valence electrons. The van der Waals surface area contributed by atoms with E-state index in [1.807, 2.05) is 0 Å². The molecule has 0 spiro atoms. The molecule has 0 radical (unpaired) electrons. The molecule has 0 aliphatic rings. The van der Waals surface area contributed by atoms with Gasteiger partial charge < -0.3 is 29.3 Å². The fourth-order valence-corrected chi connectivity index (χ4v) is 4.46. The Balaban J connectivity index is 1.90. The normalized spacial score (nSPS) is 13.8. The predicted molar refractivity (Wildman–Crippen MR) is 136 cm³/mol. The molecular formula is C23H29F2N2O10PS. The molecule has 0 aliphatic heterocycles. The topological polar surface area (TPSA) is 178 Å². The number of hydrogen-bond donors (Lipinski definition) is 4. The Hall–Kier alpha value is -3.26. The van der Waals surface area contributed by atoms with Gasteiger partial charge in [-0.2, -0.15) is 8.78 Å². The maximum atomic E-state index is 12.7. The van der Waals surface area contributed by atoms with Crippen LogP contribution in [0.25, 0.3) is 0 Å². The van der Waals surface area contributed by atoms with E-state index < -0.39 is 41.7 Å². The second-order valence-corrected chi connectivity index (χ2v) is 11.7. The van der Waals surface area contributed by atoms with Crippen molar-refractivity contribution in [3.05, 3.63) is 53.6 Å². The summed E-state index contributed by atoms with van der Waals surface area (Å²) in [6.45, 7) is 0.315. The van der Waals surface area contributed by atoms with Crippen molar-refractivity contribution < 1.29 is 55.4 Å². The van der Waals surface area contributed by atoms with Crippen molar-refractivity contribution in [1.82, 2.24) is 10.0 Å². The summed E-state index contributed by atoms with van der Waals surface area (Å²) < 4.78 is 76.8. The van der Waals surface area contributed by atoms with Gasteiger partial charge in [-0.15, -0.1) is 0 Å². The number of amides is 1. The average molecular weight is 595 g/mol. The number of aromatic hydroxyl groups is 1. The molecule has 39 heavy (non-hydrogen) atoms. The number of phenols is 1. The van der Waals surface area contributed by atoms with Crippen LogP contribution < -0.4 is 19.3 Å². The molecule has 2 aromatic carbocycles. The molecule has 2 atom stereocenters. The van der Waals surface area contributed by atoms with Crippen LogP contribution in [-0.4, -0.2) is 69.0 Å². The predicted octanol–water partition coefficient (Wildman–Crippen LogP) is 2.40. The third kappa shape index (κ3) is 10.4. The fraction of sp³-hybridized carbons (Fsp3) is 0.391. The van der Waals surface area contributed by atoms with Gasteiger partial charge in [-0.25, -0.2) is 22.5 Å². The largest absolute Gasteiger partial charge is 0.507 e. The van der Waals surface area contributed by atoms with Gasteiger partial charge in [-0.05, 0) is 49.1 Å². The van der Waals surface area contributed by atoms with Crippen LogP contribution >= 0.6 is 7.60 Å². The Bertz CT molecular complexity index is 1290.